The van der Waals surface area contributed by atoms with Gasteiger partial charge in [0.25, 0.3) is 0 Å². The maximum atomic E-state index is 12.6. The molecule has 4 heteroatoms. The zero-order chi connectivity index (χ0) is 16.1. The minimum Gasteiger partial charge on any atom is -0.344 e. The van der Waals surface area contributed by atoms with Crippen molar-refractivity contribution in [2.24, 2.45) is 0 Å². The summed E-state index contributed by atoms with van der Waals surface area (Å²) in [6, 6.07) is 17.4. The highest BCUT2D eigenvalue weighted by Gasteiger charge is 2.24. The van der Waals surface area contributed by atoms with E-state index in [1.54, 1.807) is 0 Å². The summed E-state index contributed by atoms with van der Waals surface area (Å²) in [5.41, 5.74) is 2.05. The van der Waals surface area contributed by atoms with Gasteiger partial charge >= 0.3 is 0 Å². The molecule has 1 aliphatic heterocycles. The second-order valence-electron chi connectivity index (χ2n) is 5.91. The largest absolute Gasteiger partial charge is 0.344 e. The standard InChI is InChI=1S/C19H21ClN2O/c20-16-10-6-9-15(13-16)18(14-7-2-1-3-8-14)22-19(23)17-11-4-5-12-21-17/h1-3,6-10,13,17-18,21H,4-5,11-12H2,(H,22,23). The van der Waals surface area contributed by atoms with Crippen molar-refractivity contribution >= 4 is 17.5 Å². The Bertz CT molecular complexity index is 653. The first-order valence-electron chi connectivity index (χ1n) is 8.08. The van der Waals surface area contributed by atoms with Gasteiger partial charge in [-0.3, -0.25) is 4.79 Å². The Morgan fingerprint density at radius 1 is 1.09 bits per heavy atom. The Labute approximate surface area is 142 Å². The number of hydrogen-bond donors (Lipinski definition) is 2. The molecular formula is C19H21ClN2O. The van der Waals surface area contributed by atoms with Crippen molar-refractivity contribution in [3.63, 3.8) is 0 Å². The van der Waals surface area contributed by atoms with Crippen LogP contribution in [0.1, 0.15) is 36.4 Å². The van der Waals surface area contributed by atoms with Gasteiger partial charge in [-0.1, -0.05) is 60.5 Å². The Morgan fingerprint density at radius 3 is 2.57 bits per heavy atom. The van der Waals surface area contributed by atoms with Crippen LogP contribution in [-0.4, -0.2) is 18.5 Å². The fourth-order valence-corrected chi connectivity index (χ4v) is 3.21. The van der Waals surface area contributed by atoms with Gasteiger partial charge in [0.1, 0.15) is 0 Å². The van der Waals surface area contributed by atoms with Crippen LogP contribution in [0.3, 0.4) is 0 Å². The number of carbonyl (C=O) groups excluding carboxylic acids is 1. The number of halogens is 1. The van der Waals surface area contributed by atoms with E-state index < -0.39 is 0 Å². The summed E-state index contributed by atoms with van der Waals surface area (Å²) >= 11 is 6.14. The van der Waals surface area contributed by atoms with E-state index in [-0.39, 0.29) is 18.0 Å². The molecule has 120 valence electrons. The molecule has 0 spiro atoms. The topological polar surface area (TPSA) is 41.1 Å². The van der Waals surface area contributed by atoms with Crippen molar-refractivity contribution in [3.8, 4) is 0 Å². The van der Waals surface area contributed by atoms with Gasteiger partial charge in [-0.05, 0) is 42.6 Å². The summed E-state index contributed by atoms with van der Waals surface area (Å²) in [6.45, 7) is 0.908. The first-order chi connectivity index (χ1) is 11.2. The highest BCUT2D eigenvalue weighted by molar-refractivity contribution is 6.30. The van der Waals surface area contributed by atoms with Crippen molar-refractivity contribution in [2.75, 3.05) is 6.54 Å². The minimum absolute atomic E-state index is 0.0542. The molecule has 1 aliphatic rings. The van der Waals surface area contributed by atoms with Gasteiger partial charge in [0.05, 0.1) is 12.1 Å². The molecule has 2 unspecified atom stereocenters. The number of amides is 1. The third-order valence-corrected chi connectivity index (χ3v) is 4.46. The van der Waals surface area contributed by atoms with Crippen LogP contribution < -0.4 is 10.6 Å². The lowest BCUT2D eigenvalue weighted by Crippen LogP contribution is -2.47. The first kappa shape index (κ1) is 16.0. The van der Waals surface area contributed by atoms with E-state index in [0.717, 1.165) is 36.9 Å². The van der Waals surface area contributed by atoms with E-state index in [4.69, 9.17) is 11.6 Å². The first-order valence-corrected chi connectivity index (χ1v) is 8.46. The zero-order valence-electron chi connectivity index (χ0n) is 13.0. The van der Waals surface area contributed by atoms with E-state index in [2.05, 4.69) is 10.6 Å². The fourth-order valence-electron chi connectivity index (χ4n) is 3.01. The van der Waals surface area contributed by atoms with Crippen molar-refractivity contribution in [1.29, 1.82) is 0 Å². The zero-order valence-corrected chi connectivity index (χ0v) is 13.7. The molecule has 2 aromatic rings. The van der Waals surface area contributed by atoms with Gasteiger partial charge in [0.15, 0.2) is 0 Å². The maximum absolute atomic E-state index is 12.6. The maximum Gasteiger partial charge on any atom is 0.237 e. The molecule has 3 nitrogen and oxygen atoms in total. The van der Waals surface area contributed by atoms with Crippen molar-refractivity contribution in [2.45, 2.75) is 31.3 Å². The number of hydrogen-bond acceptors (Lipinski definition) is 2. The number of piperidine rings is 1. The smallest absolute Gasteiger partial charge is 0.237 e. The molecule has 1 saturated heterocycles. The average Bonchev–Trinajstić information content (AvgIpc) is 2.61. The lowest BCUT2D eigenvalue weighted by Gasteiger charge is -2.26. The predicted molar refractivity (Wildman–Crippen MR) is 93.5 cm³/mol. The van der Waals surface area contributed by atoms with E-state index in [9.17, 15) is 4.79 Å². The molecule has 3 rings (SSSR count). The summed E-state index contributed by atoms with van der Waals surface area (Å²) in [5, 5.41) is 7.16. The Kier molecular flexibility index (Phi) is 5.31. The average molecular weight is 329 g/mol. The van der Waals surface area contributed by atoms with Crippen molar-refractivity contribution in [3.05, 3.63) is 70.7 Å². The van der Waals surface area contributed by atoms with Crippen molar-refractivity contribution < 1.29 is 4.79 Å². The summed E-state index contributed by atoms with van der Waals surface area (Å²) < 4.78 is 0. The highest BCUT2D eigenvalue weighted by atomic mass is 35.5. The summed E-state index contributed by atoms with van der Waals surface area (Å²) in [4.78, 5) is 12.6. The molecule has 1 heterocycles. The molecule has 2 aromatic carbocycles. The van der Waals surface area contributed by atoms with Crippen LogP contribution in [-0.2, 0) is 4.79 Å². The van der Waals surface area contributed by atoms with Gasteiger partial charge in [0.2, 0.25) is 5.91 Å². The van der Waals surface area contributed by atoms with E-state index in [0.29, 0.717) is 5.02 Å². The molecule has 1 amide bonds. The lowest BCUT2D eigenvalue weighted by molar-refractivity contribution is -0.124. The normalized spacial score (nSPS) is 19.1. The Morgan fingerprint density at radius 2 is 1.87 bits per heavy atom. The molecule has 0 radical (unpaired) electrons. The van der Waals surface area contributed by atoms with E-state index in [1.165, 1.54) is 0 Å². The lowest BCUT2D eigenvalue weighted by atomic mass is 9.97. The quantitative estimate of drug-likeness (QED) is 0.898. The second kappa shape index (κ2) is 7.62. The van der Waals surface area contributed by atoms with Crippen LogP contribution in [0.2, 0.25) is 5.02 Å². The van der Waals surface area contributed by atoms with Gasteiger partial charge in [-0.15, -0.1) is 0 Å². The van der Waals surface area contributed by atoms with Gasteiger partial charge < -0.3 is 10.6 Å². The fraction of sp³-hybridized carbons (Fsp3) is 0.316. The van der Waals surface area contributed by atoms with E-state index >= 15 is 0 Å². The number of carbonyl (C=O) groups is 1. The molecule has 2 N–H and O–H groups in total. The molecule has 0 bridgehead atoms. The van der Waals surface area contributed by atoms with Crippen LogP contribution in [0.4, 0.5) is 0 Å². The molecule has 1 fully saturated rings. The molecular weight excluding hydrogens is 308 g/mol. The van der Waals surface area contributed by atoms with Crippen LogP contribution >= 0.6 is 11.6 Å². The number of benzene rings is 2. The van der Waals surface area contributed by atoms with Crippen LogP contribution in [0.25, 0.3) is 0 Å². The third kappa shape index (κ3) is 4.12. The van der Waals surface area contributed by atoms with Gasteiger partial charge in [0, 0.05) is 5.02 Å². The van der Waals surface area contributed by atoms with Gasteiger partial charge in [-0.25, -0.2) is 0 Å². The van der Waals surface area contributed by atoms with Gasteiger partial charge in [-0.2, -0.15) is 0 Å². The van der Waals surface area contributed by atoms with E-state index in [1.807, 2.05) is 54.6 Å². The Hall–Kier alpha value is -1.84. The number of rotatable bonds is 4. The predicted octanol–water partition coefficient (Wildman–Crippen LogP) is 3.69. The SMILES string of the molecule is O=C(NC(c1ccccc1)c1cccc(Cl)c1)C1CCCCN1. The van der Waals surface area contributed by atoms with Crippen LogP contribution in [0, 0.1) is 0 Å². The van der Waals surface area contributed by atoms with Crippen LogP contribution in [0.15, 0.2) is 54.6 Å². The third-order valence-electron chi connectivity index (χ3n) is 4.23. The summed E-state index contributed by atoms with van der Waals surface area (Å²) in [7, 11) is 0. The van der Waals surface area contributed by atoms with Crippen molar-refractivity contribution in [1.82, 2.24) is 10.6 Å². The minimum atomic E-state index is -0.189. The molecule has 0 aliphatic carbocycles. The molecule has 0 saturated carbocycles. The van der Waals surface area contributed by atoms with Crippen LogP contribution in [0.5, 0.6) is 0 Å². The number of nitrogens with one attached hydrogen (secondary N) is 2. The molecule has 2 atom stereocenters. The highest BCUT2D eigenvalue weighted by Crippen LogP contribution is 2.25. The Balaban J connectivity index is 1.85. The summed E-state index contributed by atoms with van der Waals surface area (Å²) in [5.74, 6) is 0.0542. The molecule has 23 heavy (non-hydrogen) atoms. The second-order valence-corrected chi connectivity index (χ2v) is 6.35. The summed E-state index contributed by atoms with van der Waals surface area (Å²) in [6.07, 6.45) is 3.13. The molecule has 0 aromatic heterocycles. The monoisotopic (exact) mass is 328 g/mol.